The fraction of sp³-hybridized carbons (Fsp3) is 0.286. The number of hydrogen-bond acceptors (Lipinski definition) is 3. The molecule has 1 aromatic heterocycles. The number of hydrogen-bond donors (Lipinski definition) is 4. The Hall–Kier alpha value is -2.50. The Balaban J connectivity index is 1.65. The fourth-order valence-electron chi connectivity index (χ4n) is 2.06. The second-order valence-corrected chi connectivity index (χ2v) is 5.02. The molecule has 0 spiro atoms. The van der Waals surface area contributed by atoms with Gasteiger partial charge in [-0.3, -0.25) is 9.59 Å². The summed E-state index contributed by atoms with van der Waals surface area (Å²) in [6, 6.07) is 7.49. The molecular weight excluding hydrogens is 256 g/mol. The van der Waals surface area contributed by atoms with E-state index in [4.69, 9.17) is 5.73 Å². The second-order valence-electron chi connectivity index (χ2n) is 5.02. The lowest BCUT2D eigenvalue weighted by atomic mass is 10.2. The van der Waals surface area contributed by atoms with Crippen molar-refractivity contribution in [1.82, 2.24) is 15.6 Å². The lowest BCUT2D eigenvalue weighted by molar-refractivity contribution is -0.120. The number of amides is 2. The molecular formula is C14H16N4O2. The van der Waals surface area contributed by atoms with E-state index in [1.807, 2.05) is 12.1 Å². The average Bonchev–Trinajstić information content (AvgIpc) is 3.11. The Morgan fingerprint density at radius 2 is 2.15 bits per heavy atom. The quantitative estimate of drug-likeness (QED) is 0.618. The van der Waals surface area contributed by atoms with Crippen molar-refractivity contribution < 1.29 is 9.59 Å². The normalized spacial score (nSPS) is 14.2. The van der Waals surface area contributed by atoms with E-state index in [1.165, 1.54) is 0 Å². The van der Waals surface area contributed by atoms with Gasteiger partial charge in [-0.05, 0) is 25.0 Å². The Bertz CT molecular complexity index is 673. The molecule has 0 saturated heterocycles. The number of aromatic amines is 1. The zero-order chi connectivity index (χ0) is 14.1. The van der Waals surface area contributed by atoms with E-state index in [-0.39, 0.29) is 18.4 Å². The number of nitrogen functional groups attached to an aromatic ring is 1. The van der Waals surface area contributed by atoms with Crippen molar-refractivity contribution in [3.8, 4) is 0 Å². The van der Waals surface area contributed by atoms with E-state index >= 15 is 0 Å². The van der Waals surface area contributed by atoms with Gasteiger partial charge in [-0.1, -0.05) is 12.1 Å². The first kappa shape index (κ1) is 12.5. The van der Waals surface area contributed by atoms with Crippen LogP contribution in [0, 0.1) is 0 Å². The highest BCUT2D eigenvalue weighted by molar-refractivity contribution is 6.01. The van der Waals surface area contributed by atoms with Crippen LogP contribution in [0.1, 0.15) is 23.3 Å². The number of carbonyl (C=O) groups is 2. The third kappa shape index (κ3) is 2.59. The molecule has 1 saturated carbocycles. The molecule has 6 heteroatoms. The van der Waals surface area contributed by atoms with Crippen molar-refractivity contribution >= 4 is 28.4 Å². The molecule has 0 unspecified atom stereocenters. The highest BCUT2D eigenvalue weighted by atomic mass is 16.2. The summed E-state index contributed by atoms with van der Waals surface area (Å²) < 4.78 is 0. The van der Waals surface area contributed by atoms with Crippen molar-refractivity contribution in [2.75, 3.05) is 12.3 Å². The fourth-order valence-corrected chi connectivity index (χ4v) is 2.06. The van der Waals surface area contributed by atoms with Crippen molar-refractivity contribution in [3.63, 3.8) is 0 Å². The van der Waals surface area contributed by atoms with Crippen molar-refractivity contribution in [1.29, 1.82) is 0 Å². The van der Waals surface area contributed by atoms with Gasteiger partial charge < -0.3 is 21.4 Å². The van der Waals surface area contributed by atoms with Crippen molar-refractivity contribution in [2.24, 2.45) is 0 Å². The van der Waals surface area contributed by atoms with Crippen LogP contribution in [0.25, 0.3) is 10.9 Å². The smallest absolute Gasteiger partial charge is 0.268 e. The molecule has 5 N–H and O–H groups in total. The Kier molecular flexibility index (Phi) is 3.06. The third-order valence-electron chi connectivity index (χ3n) is 3.29. The van der Waals surface area contributed by atoms with Crippen LogP contribution >= 0.6 is 0 Å². The van der Waals surface area contributed by atoms with E-state index in [1.54, 1.807) is 12.1 Å². The van der Waals surface area contributed by atoms with E-state index in [2.05, 4.69) is 15.6 Å². The molecule has 0 radical (unpaired) electrons. The summed E-state index contributed by atoms with van der Waals surface area (Å²) in [4.78, 5) is 26.4. The van der Waals surface area contributed by atoms with Gasteiger partial charge >= 0.3 is 0 Å². The molecule has 0 aliphatic heterocycles. The molecule has 1 heterocycles. The second kappa shape index (κ2) is 4.88. The summed E-state index contributed by atoms with van der Waals surface area (Å²) in [5.74, 6) is -0.469. The van der Waals surface area contributed by atoms with Crippen LogP contribution in [0.5, 0.6) is 0 Å². The molecule has 1 aliphatic rings. The van der Waals surface area contributed by atoms with E-state index in [0.717, 1.165) is 23.7 Å². The number of aromatic nitrogens is 1. The topological polar surface area (TPSA) is 100 Å². The van der Waals surface area contributed by atoms with Crippen LogP contribution < -0.4 is 16.4 Å². The number of benzene rings is 1. The monoisotopic (exact) mass is 272 g/mol. The Morgan fingerprint density at radius 3 is 2.85 bits per heavy atom. The maximum absolute atomic E-state index is 12.0. The van der Waals surface area contributed by atoms with Gasteiger partial charge in [-0.25, -0.2) is 0 Å². The van der Waals surface area contributed by atoms with Gasteiger partial charge in [0.05, 0.1) is 17.7 Å². The Labute approximate surface area is 115 Å². The van der Waals surface area contributed by atoms with Crippen LogP contribution in [0.3, 0.4) is 0 Å². The predicted molar refractivity (Wildman–Crippen MR) is 76.2 cm³/mol. The molecule has 20 heavy (non-hydrogen) atoms. The summed E-state index contributed by atoms with van der Waals surface area (Å²) in [6.07, 6.45) is 2.06. The number of carbonyl (C=O) groups excluding carboxylic acids is 2. The molecule has 2 amide bonds. The first-order chi connectivity index (χ1) is 9.63. The standard InChI is InChI=1S/C14H16N4O2/c15-10-3-1-2-8-6-11(18-13(8)10)14(20)16-7-12(19)17-9-4-5-9/h1-3,6,9,18H,4-5,7,15H2,(H,16,20)(H,17,19). The number of fused-ring (bicyclic) bond motifs is 1. The minimum Gasteiger partial charge on any atom is -0.397 e. The van der Waals surface area contributed by atoms with E-state index < -0.39 is 0 Å². The van der Waals surface area contributed by atoms with Crippen LogP contribution in [0.15, 0.2) is 24.3 Å². The highest BCUT2D eigenvalue weighted by Crippen LogP contribution is 2.21. The lowest BCUT2D eigenvalue weighted by Gasteiger charge is -2.04. The highest BCUT2D eigenvalue weighted by Gasteiger charge is 2.23. The third-order valence-corrected chi connectivity index (χ3v) is 3.29. The number of para-hydroxylation sites is 1. The maximum Gasteiger partial charge on any atom is 0.268 e. The first-order valence-electron chi connectivity index (χ1n) is 6.58. The SMILES string of the molecule is Nc1cccc2cc(C(=O)NCC(=O)NC3CC3)[nH]c12. The summed E-state index contributed by atoms with van der Waals surface area (Å²) >= 11 is 0. The number of H-pyrrole nitrogens is 1. The van der Waals surface area contributed by atoms with Gasteiger partial charge in [0, 0.05) is 11.4 Å². The van der Waals surface area contributed by atoms with Crippen molar-refractivity contribution in [3.05, 3.63) is 30.0 Å². The van der Waals surface area contributed by atoms with Gasteiger partial charge in [-0.2, -0.15) is 0 Å². The minimum atomic E-state index is -0.313. The van der Waals surface area contributed by atoms with Crippen LogP contribution in [0.4, 0.5) is 5.69 Å². The van der Waals surface area contributed by atoms with Gasteiger partial charge in [0.15, 0.2) is 0 Å². The molecule has 1 aliphatic carbocycles. The molecule has 2 aromatic rings. The van der Waals surface area contributed by atoms with Crippen molar-refractivity contribution in [2.45, 2.75) is 18.9 Å². The summed E-state index contributed by atoms with van der Waals surface area (Å²) in [6.45, 7) is -0.0137. The van der Waals surface area contributed by atoms with Gasteiger partial charge in [0.25, 0.3) is 5.91 Å². The number of rotatable bonds is 4. The van der Waals surface area contributed by atoms with Crippen LogP contribution in [-0.4, -0.2) is 29.4 Å². The molecule has 1 aromatic carbocycles. The van der Waals surface area contributed by atoms with Gasteiger partial charge in [-0.15, -0.1) is 0 Å². The molecule has 3 rings (SSSR count). The number of nitrogens with two attached hydrogens (primary N) is 1. The van der Waals surface area contributed by atoms with E-state index in [9.17, 15) is 9.59 Å². The number of anilines is 1. The van der Waals surface area contributed by atoms with E-state index in [0.29, 0.717) is 17.4 Å². The van der Waals surface area contributed by atoms with Gasteiger partial charge in [0.1, 0.15) is 5.69 Å². The lowest BCUT2D eigenvalue weighted by Crippen LogP contribution is -2.37. The largest absolute Gasteiger partial charge is 0.397 e. The number of nitrogens with one attached hydrogen (secondary N) is 3. The molecule has 104 valence electrons. The summed E-state index contributed by atoms with van der Waals surface area (Å²) in [5.41, 5.74) is 7.55. The zero-order valence-electron chi connectivity index (χ0n) is 10.9. The van der Waals surface area contributed by atoms with Crippen LogP contribution in [0.2, 0.25) is 0 Å². The molecule has 6 nitrogen and oxygen atoms in total. The predicted octanol–water partition coefficient (Wildman–Crippen LogP) is 0.758. The maximum atomic E-state index is 12.0. The Morgan fingerprint density at radius 1 is 1.35 bits per heavy atom. The zero-order valence-corrected chi connectivity index (χ0v) is 10.9. The van der Waals surface area contributed by atoms with Gasteiger partial charge in [0.2, 0.25) is 5.91 Å². The summed E-state index contributed by atoms with van der Waals surface area (Å²) in [7, 11) is 0. The molecule has 0 bridgehead atoms. The average molecular weight is 272 g/mol. The summed E-state index contributed by atoms with van der Waals surface area (Å²) in [5, 5.41) is 6.27. The molecule has 0 atom stereocenters. The van der Waals surface area contributed by atoms with Crippen LogP contribution in [-0.2, 0) is 4.79 Å². The minimum absolute atomic E-state index is 0.0137. The first-order valence-corrected chi connectivity index (χ1v) is 6.58. The molecule has 1 fully saturated rings.